The molecule has 0 saturated carbocycles. The van der Waals surface area contributed by atoms with Gasteiger partial charge in [0.1, 0.15) is 17.3 Å². The number of thioether (sulfide) groups is 1. The second kappa shape index (κ2) is 8.53. The summed E-state index contributed by atoms with van der Waals surface area (Å²) in [6.07, 6.45) is 5.83. The van der Waals surface area contributed by atoms with Crippen molar-refractivity contribution in [1.29, 1.82) is 0 Å². The van der Waals surface area contributed by atoms with E-state index in [1.54, 1.807) is 11.8 Å². The van der Waals surface area contributed by atoms with E-state index >= 15 is 0 Å². The second-order valence-electron chi connectivity index (χ2n) is 6.10. The van der Waals surface area contributed by atoms with Crippen LogP contribution in [0.5, 0.6) is 0 Å². The topological polar surface area (TPSA) is 50.0 Å². The van der Waals surface area contributed by atoms with Crippen LogP contribution in [0.15, 0.2) is 45.7 Å². The van der Waals surface area contributed by atoms with Gasteiger partial charge in [0.05, 0.1) is 6.67 Å². The van der Waals surface area contributed by atoms with Crippen LogP contribution in [0.1, 0.15) is 22.9 Å². The van der Waals surface area contributed by atoms with Crippen molar-refractivity contribution in [2.75, 3.05) is 13.3 Å². The molecule has 0 radical (unpaired) electrons. The number of H-pyrrole nitrogens is 1. The molecule has 0 saturated heterocycles. The number of benzene rings is 1. The molecule has 0 aliphatic heterocycles. The van der Waals surface area contributed by atoms with Crippen molar-refractivity contribution in [1.82, 2.24) is 19.7 Å². The molecule has 0 amide bonds. The first-order valence-electron chi connectivity index (χ1n) is 8.26. The highest BCUT2D eigenvalue weighted by atomic mass is 32.2. The molecule has 0 fully saturated rings. The molecule has 2 heterocycles. The van der Waals surface area contributed by atoms with Crippen LogP contribution in [0.4, 0.5) is 0 Å². The van der Waals surface area contributed by atoms with Gasteiger partial charge in [0, 0.05) is 11.4 Å². The fourth-order valence-corrected chi connectivity index (χ4v) is 3.19. The van der Waals surface area contributed by atoms with Gasteiger partial charge in [-0.3, -0.25) is 10.00 Å². The molecular weight excluding hydrogens is 364 g/mol. The zero-order chi connectivity index (χ0) is 18.5. The smallest absolute Gasteiger partial charge is 0.217 e. The lowest BCUT2D eigenvalue weighted by atomic mass is 10.2. The van der Waals surface area contributed by atoms with E-state index in [0.717, 1.165) is 18.1 Å². The van der Waals surface area contributed by atoms with Crippen molar-refractivity contribution in [3.63, 3.8) is 0 Å². The van der Waals surface area contributed by atoms with Gasteiger partial charge in [0.2, 0.25) is 4.77 Å². The summed E-state index contributed by atoms with van der Waals surface area (Å²) in [6.45, 7) is 3.40. The maximum absolute atomic E-state index is 5.52. The molecule has 1 N–H and O–H groups in total. The van der Waals surface area contributed by atoms with Crippen molar-refractivity contribution in [3.8, 4) is 0 Å². The summed E-state index contributed by atoms with van der Waals surface area (Å²) < 4.78 is 7.91. The monoisotopic (exact) mass is 386 g/mol. The lowest BCUT2D eigenvalue weighted by Gasteiger charge is -2.17. The zero-order valence-corrected chi connectivity index (χ0v) is 16.7. The maximum atomic E-state index is 5.52. The number of aromatic nitrogens is 3. The van der Waals surface area contributed by atoms with Crippen molar-refractivity contribution in [2.24, 2.45) is 0 Å². The minimum Gasteiger partial charge on any atom is -0.462 e. The van der Waals surface area contributed by atoms with E-state index in [-0.39, 0.29) is 0 Å². The summed E-state index contributed by atoms with van der Waals surface area (Å²) in [6, 6.07) is 12.5. The average Bonchev–Trinajstić information content (AvgIpc) is 3.19. The van der Waals surface area contributed by atoms with Gasteiger partial charge in [0.15, 0.2) is 0 Å². The van der Waals surface area contributed by atoms with Crippen molar-refractivity contribution >= 4 is 36.1 Å². The van der Waals surface area contributed by atoms with Crippen LogP contribution in [-0.4, -0.2) is 33.0 Å². The van der Waals surface area contributed by atoms with Crippen LogP contribution >= 0.6 is 24.0 Å². The van der Waals surface area contributed by atoms with E-state index in [1.807, 2.05) is 35.9 Å². The van der Waals surface area contributed by atoms with Crippen LogP contribution < -0.4 is 0 Å². The first-order chi connectivity index (χ1) is 12.5. The molecule has 5 nitrogen and oxygen atoms in total. The molecule has 0 bridgehead atoms. The van der Waals surface area contributed by atoms with Gasteiger partial charge in [-0.2, -0.15) is 4.98 Å². The standard InChI is InChI=1S/C19H22N4OS2/c1-14-4-7-16(24-14)8-11-18-20-19(25)23(21-18)13-22(2)12-15-5-9-17(26-3)10-6-15/h4-11H,12-13H2,1-3H3,(H,20,21,25)/b11-8+. The Morgan fingerprint density at radius 3 is 2.65 bits per heavy atom. The predicted molar refractivity (Wildman–Crippen MR) is 109 cm³/mol. The van der Waals surface area contributed by atoms with Crippen molar-refractivity contribution in [3.05, 3.63) is 64.1 Å². The van der Waals surface area contributed by atoms with E-state index in [1.165, 1.54) is 10.5 Å². The fourth-order valence-electron chi connectivity index (χ4n) is 2.58. The summed E-state index contributed by atoms with van der Waals surface area (Å²) in [5, 5.41) is 3.22. The zero-order valence-electron chi connectivity index (χ0n) is 15.1. The van der Waals surface area contributed by atoms with Crippen LogP contribution in [0.2, 0.25) is 0 Å². The molecule has 0 aliphatic rings. The van der Waals surface area contributed by atoms with E-state index in [0.29, 0.717) is 17.3 Å². The van der Waals surface area contributed by atoms with Crippen molar-refractivity contribution in [2.45, 2.75) is 25.0 Å². The van der Waals surface area contributed by atoms with Crippen LogP contribution in [0.3, 0.4) is 0 Å². The van der Waals surface area contributed by atoms with Gasteiger partial charge in [0.25, 0.3) is 0 Å². The quantitative estimate of drug-likeness (QED) is 0.466. The number of hydrogen-bond donors (Lipinski definition) is 1. The number of nitrogens with one attached hydrogen (secondary N) is 1. The highest BCUT2D eigenvalue weighted by Crippen LogP contribution is 2.16. The van der Waals surface area contributed by atoms with Gasteiger partial charge >= 0.3 is 0 Å². The number of aromatic amines is 1. The lowest BCUT2D eigenvalue weighted by molar-refractivity contribution is 0.244. The highest BCUT2D eigenvalue weighted by Gasteiger charge is 2.05. The van der Waals surface area contributed by atoms with Crippen molar-refractivity contribution < 1.29 is 4.42 Å². The Bertz CT molecular complexity index is 937. The normalized spacial score (nSPS) is 11.7. The average molecular weight is 387 g/mol. The molecule has 0 spiro atoms. The molecule has 26 heavy (non-hydrogen) atoms. The van der Waals surface area contributed by atoms with E-state index in [2.05, 4.69) is 52.6 Å². The molecule has 3 rings (SSSR count). The molecule has 1 aromatic carbocycles. The molecule has 136 valence electrons. The number of aryl methyl sites for hydroxylation is 1. The van der Waals surface area contributed by atoms with Crippen LogP contribution in [0, 0.1) is 11.7 Å². The third kappa shape index (κ3) is 4.97. The second-order valence-corrected chi connectivity index (χ2v) is 7.35. The molecule has 0 unspecified atom stereocenters. The fraction of sp³-hybridized carbons (Fsp3) is 0.263. The summed E-state index contributed by atoms with van der Waals surface area (Å²) in [4.78, 5) is 7.84. The number of furan rings is 1. The van der Waals surface area contributed by atoms with E-state index in [4.69, 9.17) is 16.6 Å². The number of nitrogens with zero attached hydrogens (tertiary/aromatic N) is 3. The van der Waals surface area contributed by atoms with Gasteiger partial charge in [-0.05, 0) is 74.4 Å². The van der Waals surface area contributed by atoms with Gasteiger partial charge in [-0.25, -0.2) is 4.68 Å². The highest BCUT2D eigenvalue weighted by molar-refractivity contribution is 7.98. The predicted octanol–water partition coefficient (Wildman–Crippen LogP) is 4.82. The summed E-state index contributed by atoms with van der Waals surface area (Å²) >= 11 is 7.11. The SMILES string of the molecule is CSc1ccc(CN(C)Cn2[nH]c(/C=C/c3ccc(C)o3)nc2=S)cc1. The minimum atomic E-state index is 0.532. The number of rotatable bonds is 7. The Balaban J connectivity index is 1.63. The van der Waals surface area contributed by atoms with E-state index < -0.39 is 0 Å². The first-order valence-corrected chi connectivity index (χ1v) is 9.89. The Labute approximate surface area is 162 Å². The third-order valence-electron chi connectivity index (χ3n) is 3.86. The first kappa shape index (κ1) is 18.7. The summed E-state index contributed by atoms with van der Waals surface area (Å²) in [7, 11) is 2.06. The summed E-state index contributed by atoms with van der Waals surface area (Å²) in [5.74, 6) is 2.39. The van der Waals surface area contributed by atoms with E-state index in [9.17, 15) is 0 Å². The third-order valence-corrected chi connectivity index (χ3v) is 4.91. The van der Waals surface area contributed by atoms with Gasteiger partial charge in [-0.1, -0.05) is 12.1 Å². The maximum Gasteiger partial charge on any atom is 0.217 e. The Morgan fingerprint density at radius 1 is 1.23 bits per heavy atom. The van der Waals surface area contributed by atoms with Crippen LogP contribution in [-0.2, 0) is 13.2 Å². The number of hydrogen-bond acceptors (Lipinski definition) is 5. The molecular formula is C19H22N4OS2. The van der Waals surface area contributed by atoms with Gasteiger partial charge < -0.3 is 4.42 Å². The molecule has 0 atom stereocenters. The summed E-state index contributed by atoms with van der Waals surface area (Å²) in [5.41, 5.74) is 1.27. The lowest BCUT2D eigenvalue weighted by Crippen LogP contribution is -2.22. The van der Waals surface area contributed by atoms with Crippen LogP contribution in [0.25, 0.3) is 12.2 Å². The Morgan fingerprint density at radius 2 is 2.00 bits per heavy atom. The molecule has 0 aliphatic carbocycles. The molecule has 3 aromatic rings. The minimum absolute atomic E-state index is 0.532. The molecule has 7 heteroatoms. The largest absolute Gasteiger partial charge is 0.462 e. The molecule has 2 aromatic heterocycles. The Hall–Kier alpha value is -2.09. The van der Waals surface area contributed by atoms with Gasteiger partial charge in [-0.15, -0.1) is 11.8 Å². The Kier molecular flexibility index (Phi) is 6.13.